The maximum atomic E-state index is 12.9. The van der Waals surface area contributed by atoms with Crippen molar-refractivity contribution in [3.8, 4) is 0 Å². The van der Waals surface area contributed by atoms with E-state index < -0.39 is 36.6 Å². The monoisotopic (exact) mass is 423 g/mol. The molecule has 2 atom stereocenters. The lowest BCUT2D eigenvalue weighted by molar-refractivity contribution is -0.150. The Bertz CT molecular complexity index is 1050. The third-order valence-electron chi connectivity index (χ3n) is 6.22. The van der Waals surface area contributed by atoms with Crippen LogP contribution in [-0.4, -0.2) is 47.4 Å². The molecule has 4 rings (SSSR count). The summed E-state index contributed by atoms with van der Waals surface area (Å²) in [5.41, 5.74) is -0.317. The number of ether oxygens (including phenoxy) is 1. The summed E-state index contributed by atoms with van der Waals surface area (Å²) in [7, 11) is 0. The lowest BCUT2D eigenvalue weighted by Crippen LogP contribution is -2.54. The maximum absolute atomic E-state index is 12.9. The quantitative estimate of drug-likeness (QED) is 0.568. The van der Waals surface area contributed by atoms with E-state index in [-0.39, 0.29) is 11.8 Å². The number of hydrogen-bond donors (Lipinski definition) is 2. The Morgan fingerprint density at radius 3 is 2.74 bits per heavy atom. The number of nitrogens with zero attached hydrogens (tertiary/aromatic N) is 1. The number of fused-ring (bicyclic) bond motifs is 1. The molecule has 1 heterocycles. The molecule has 1 saturated carbocycles. The Morgan fingerprint density at radius 2 is 1.94 bits per heavy atom. The first kappa shape index (κ1) is 20.8. The van der Waals surface area contributed by atoms with Gasteiger partial charge in [0.25, 0.3) is 11.8 Å². The number of carbonyl (C=O) groups is 4. The second kappa shape index (κ2) is 8.37. The van der Waals surface area contributed by atoms with Gasteiger partial charge >= 0.3 is 12.0 Å². The van der Waals surface area contributed by atoms with Crippen molar-refractivity contribution >= 4 is 40.3 Å². The number of amides is 4. The number of imide groups is 1. The van der Waals surface area contributed by atoms with Crippen LogP contribution in [0.5, 0.6) is 0 Å². The molecule has 8 nitrogen and oxygen atoms in total. The van der Waals surface area contributed by atoms with E-state index in [1.54, 1.807) is 6.07 Å². The molecule has 2 aromatic rings. The SMILES string of the molecule is C[C@H]1CCCC[C@@]12NC(=O)N(CC(=O)OCC(=O)Nc1cccc3ccccc13)C2=O. The smallest absolute Gasteiger partial charge is 0.326 e. The molecule has 1 aliphatic carbocycles. The van der Waals surface area contributed by atoms with Crippen molar-refractivity contribution in [2.45, 2.75) is 38.1 Å². The number of urea groups is 1. The van der Waals surface area contributed by atoms with Gasteiger partial charge in [-0.05, 0) is 30.2 Å². The average molecular weight is 423 g/mol. The molecule has 31 heavy (non-hydrogen) atoms. The number of rotatable bonds is 5. The second-order valence-corrected chi connectivity index (χ2v) is 8.18. The highest BCUT2D eigenvalue weighted by molar-refractivity contribution is 6.09. The summed E-state index contributed by atoms with van der Waals surface area (Å²) in [4.78, 5) is 50.6. The number of anilines is 1. The van der Waals surface area contributed by atoms with Crippen LogP contribution in [0.15, 0.2) is 42.5 Å². The number of benzene rings is 2. The fourth-order valence-corrected chi connectivity index (χ4v) is 4.48. The highest BCUT2D eigenvalue weighted by Gasteiger charge is 2.55. The fourth-order valence-electron chi connectivity index (χ4n) is 4.48. The normalized spacial score (nSPS) is 23.1. The molecule has 0 bridgehead atoms. The van der Waals surface area contributed by atoms with Crippen LogP contribution in [0, 0.1) is 5.92 Å². The Labute approximate surface area is 179 Å². The molecule has 4 amide bonds. The molecule has 2 aliphatic rings. The van der Waals surface area contributed by atoms with Crippen molar-refractivity contribution in [2.24, 2.45) is 5.92 Å². The molecule has 2 aromatic carbocycles. The summed E-state index contributed by atoms with van der Waals surface area (Å²) in [5, 5.41) is 7.36. The zero-order valence-electron chi connectivity index (χ0n) is 17.3. The highest BCUT2D eigenvalue weighted by Crippen LogP contribution is 2.38. The second-order valence-electron chi connectivity index (χ2n) is 8.18. The van der Waals surface area contributed by atoms with Crippen LogP contribution in [-0.2, 0) is 19.1 Å². The molecule has 1 saturated heterocycles. The summed E-state index contributed by atoms with van der Waals surface area (Å²) < 4.78 is 5.02. The molecule has 1 spiro atoms. The lowest BCUT2D eigenvalue weighted by Gasteiger charge is -2.36. The van der Waals surface area contributed by atoms with E-state index in [0.29, 0.717) is 12.1 Å². The minimum Gasteiger partial charge on any atom is -0.454 e. The summed E-state index contributed by atoms with van der Waals surface area (Å²) in [6, 6.07) is 12.5. The Morgan fingerprint density at radius 1 is 1.16 bits per heavy atom. The van der Waals surface area contributed by atoms with E-state index in [1.165, 1.54) is 0 Å². The largest absolute Gasteiger partial charge is 0.454 e. The van der Waals surface area contributed by atoms with E-state index in [4.69, 9.17) is 4.74 Å². The maximum Gasteiger partial charge on any atom is 0.326 e. The number of nitrogens with one attached hydrogen (secondary N) is 2. The van der Waals surface area contributed by atoms with Gasteiger partial charge in [0.05, 0.1) is 0 Å². The van der Waals surface area contributed by atoms with Gasteiger partial charge in [-0.1, -0.05) is 56.2 Å². The predicted octanol–water partition coefficient (Wildman–Crippen LogP) is 2.82. The van der Waals surface area contributed by atoms with E-state index >= 15 is 0 Å². The first-order chi connectivity index (χ1) is 14.9. The van der Waals surface area contributed by atoms with E-state index in [1.807, 2.05) is 43.3 Å². The van der Waals surface area contributed by atoms with Crippen molar-refractivity contribution < 1.29 is 23.9 Å². The van der Waals surface area contributed by atoms with Crippen molar-refractivity contribution in [3.63, 3.8) is 0 Å². The van der Waals surface area contributed by atoms with Crippen LogP contribution in [0.3, 0.4) is 0 Å². The summed E-state index contributed by atoms with van der Waals surface area (Å²) >= 11 is 0. The lowest BCUT2D eigenvalue weighted by atomic mass is 9.73. The fraction of sp³-hybridized carbons (Fsp3) is 0.391. The minimum atomic E-state index is -0.929. The Hall–Kier alpha value is -3.42. The molecule has 0 aromatic heterocycles. The molecule has 162 valence electrons. The number of hydrogen-bond acceptors (Lipinski definition) is 5. The van der Waals surface area contributed by atoms with Gasteiger partial charge in [-0.3, -0.25) is 19.3 Å². The summed E-state index contributed by atoms with van der Waals surface area (Å²) in [6.45, 7) is 0.921. The minimum absolute atomic E-state index is 0.00481. The van der Waals surface area contributed by atoms with Crippen LogP contribution in [0.1, 0.15) is 32.6 Å². The van der Waals surface area contributed by atoms with Gasteiger partial charge in [-0.15, -0.1) is 0 Å². The van der Waals surface area contributed by atoms with Crippen LogP contribution in [0.4, 0.5) is 10.5 Å². The third-order valence-corrected chi connectivity index (χ3v) is 6.22. The predicted molar refractivity (Wildman–Crippen MR) is 114 cm³/mol. The molecular formula is C23H25N3O5. The molecule has 2 fully saturated rings. The zero-order chi connectivity index (χ0) is 22.0. The standard InChI is InChI=1S/C23H25N3O5/c1-15-7-4-5-12-23(15)21(29)26(22(30)25-23)13-20(28)31-14-19(27)24-18-11-6-9-16-8-2-3-10-17(16)18/h2-3,6,8-11,15H,4-5,7,12-14H2,1H3,(H,24,27)(H,25,30)/t15-,23+/m0/s1. The molecule has 0 unspecified atom stereocenters. The molecule has 1 aliphatic heterocycles. The number of esters is 1. The van der Waals surface area contributed by atoms with Gasteiger partial charge in [0.15, 0.2) is 6.61 Å². The molecule has 8 heteroatoms. The van der Waals surface area contributed by atoms with E-state index in [0.717, 1.165) is 34.9 Å². The van der Waals surface area contributed by atoms with Gasteiger partial charge < -0.3 is 15.4 Å². The third kappa shape index (κ3) is 3.97. The van der Waals surface area contributed by atoms with Gasteiger partial charge in [0.2, 0.25) is 0 Å². The number of carbonyl (C=O) groups excluding carboxylic acids is 4. The Kier molecular flexibility index (Phi) is 5.63. The topological polar surface area (TPSA) is 105 Å². The van der Waals surface area contributed by atoms with Crippen molar-refractivity contribution in [1.29, 1.82) is 0 Å². The summed E-state index contributed by atoms with van der Waals surface area (Å²) in [6.07, 6.45) is 3.28. The molecule has 0 radical (unpaired) electrons. The first-order valence-corrected chi connectivity index (χ1v) is 10.5. The van der Waals surface area contributed by atoms with Crippen LogP contribution >= 0.6 is 0 Å². The van der Waals surface area contributed by atoms with Gasteiger partial charge in [-0.25, -0.2) is 4.79 Å². The molecular weight excluding hydrogens is 398 g/mol. The van der Waals surface area contributed by atoms with Crippen molar-refractivity contribution in [1.82, 2.24) is 10.2 Å². The summed E-state index contributed by atoms with van der Waals surface area (Å²) in [5.74, 6) is -1.69. The van der Waals surface area contributed by atoms with E-state index in [9.17, 15) is 19.2 Å². The molecule has 2 N–H and O–H groups in total. The highest BCUT2D eigenvalue weighted by atomic mass is 16.5. The van der Waals surface area contributed by atoms with Crippen LogP contribution < -0.4 is 10.6 Å². The van der Waals surface area contributed by atoms with Gasteiger partial charge in [-0.2, -0.15) is 0 Å². The Balaban J connectivity index is 1.33. The zero-order valence-corrected chi connectivity index (χ0v) is 17.3. The van der Waals surface area contributed by atoms with E-state index in [2.05, 4.69) is 10.6 Å². The van der Waals surface area contributed by atoms with Crippen molar-refractivity contribution in [2.75, 3.05) is 18.5 Å². The van der Waals surface area contributed by atoms with Crippen LogP contribution in [0.25, 0.3) is 10.8 Å². The average Bonchev–Trinajstić information content (AvgIpc) is 2.99. The first-order valence-electron chi connectivity index (χ1n) is 10.5. The van der Waals surface area contributed by atoms with Gasteiger partial charge in [0.1, 0.15) is 12.1 Å². The van der Waals surface area contributed by atoms with Crippen LogP contribution in [0.2, 0.25) is 0 Å². The van der Waals surface area contributed by atoms with Gasteiger partial charge in [0, 0.05) is 11.1 Å². The van der Waals surface area contributed by atoms with Crippen molar-refractivity contribution in [3.05, 3.63) is 42.5 Å².